The second-order valence-electron chi connectivity index (χ2n) is 4.32. The molecular weight excluding hydrogens is 334 g/mol. The molecule has 0 amide bonds. The molecule has 0 atom stereocenters. The summed E-state index contributed by atoms with van der Waals surface area (Å²) in [4.78, 5) is 0. The van der Waals surface area contributed by atoms with E-state index in [1.165, 1.54) is 0 Å². The van der Waals surface area contributed by atoms with Gasteiger partial charge in [-0.25, -0.2) is 0 Å². The van der Waals surface area contributed by atoms with Gasteiger partial charge < -0.3 is 10.5 Å². The average Bonchev–Trinajstić information content (AvgIpc) is 2.97. The molecule has 0 unspecified atom stereocenters. The van der Waals surface area contributed by atoms with Crippen LogP contribution in [-0.2, 0) is 0 Å². The summed E-state index contributed by atoms with van der Waals surface area (Å²) < 4.78 is 7.72. The molecule has 3 aromatic rings. The van der Waals surface area contributed by atoms with Gasteiger partial charge in [-0.05, 0) is 56.7 Å². The SMILES string of the molecule is COc1ccc(-c2nnnn2-c2ccccc2Br)cc1N. The Kier molecular flexibility index (Phi) is 3.57. The maximum Gasteiger partial charge on any atom is 0.187 e. The van der Waals surface area contributed by atoms with Gasteiger partial charge in [0.25, 0.3) is 0 Å². The lowest BCUT2D eigenvalue weighted by Gasteiger charge is -2.08. The van der Waals surface area contributed by atoms with Crippen molar-refractivity contribution in [1.29, 1.82) is 0 Å². The minimum absolute atomic E-state index is 0.539. The van der Waals surface area contributed by atoms with E-state index in [0.717, 1.165) is 15.7 Å². The van der Waals surface area contributed by atoms with Crippen LogP contribution >= 0.6 is 15.9 Å². The van der Waals surface area contributed by atoms with Crippen molar-refractivity contribution in [3.8, 4) is 22.8 Å². The summed E-state index contributed by atoms with van der Waals surface area (Å²) in [5.74, 6) is 1.23. The van der Waals surface area contributed by atoms with E-state index >= 15 is 0 Å². The van der Waals surface area contributed by atoms with Gasteiger partial charge in [0.05, 0.1) is 18.5 Å². The van der Waals surface area contributed by atoms with Crippen LogP contribution in [0.3, 0.4) is 0 Å². The highest BCUT2D eigenvalue weighted by molar-refractivity contribution is 9.10. The van der Waals surface area contributed by atoms with E-state index in [1.807, 2.05) is 30.3 Å². The van der Waals surface area contributed by atoms with E-state index in [0.29, 0.717) is 17.3 Å². The number of para-hydroxylation sites is 1. The number of nitrogens with zero attached hydrogens (tertiary/aromatic N) is 4. The Bertz CT molecular complexity index is 787. The Balaban J connectivity index is 2.11. The molecule has 0 aliphatic heterocycles. The summed E-state index contributed by atoms with van der Waals surface area (Å²) in [6.45, 7) is 0. The monoisotopic (exact) mass is 345 g/mol. The van der Waals surface area contributed by atoms with Crippen LogP contribution in [0.1, 0.15) is 0 Å². The zero-order valence-corrected chi connectivity index (χ0v) is 12.8. The first-order valence-corrected chi connectivity index (χ1v) is 6.97. The van der Waals surface area contributed by atoms with Crippen LogP contribution in [0.5, 0.6) is 5.75 Å². The van der Waals surface area contributed by atoms with Crippen molar-refractivity contribution in [1.82, 2.24) is 20.2 Å². The maximum absolute atomic E-state index is 5.94. The molecular formula is C14H12BrN5O. The topological polar surface area (TPSA) is 78.9 Å². The first kappa shape index (κ1) is 13.6. The number of halogens is 1. The molecule has 3 rings (SSSR count). The molecule has 106 valence electrons. The minimum Gasteiger partial charge on any atom is -0.495 e. The molecule has 0 saturated carbocycles. The van der Waals surface area contributed by atoms with Crippen molar-refractivity contribution in [3.63, 3.8) is 0 Å². The number of ether oxygens (including phenoxy) is 1. The van der Waals surface area contributed by atoms with E-state index in [9.17, 15) is 0 Å². The van der Waals surface area contributed by atoms with Crippen LogP contribution in [0.4, 0.5) is 5.69 Å². The number of methoxy groups -OCH3 is 1. The molecule has 7 heteroatoms. The van der Waals surface area contributed by atoms with Gasteiger partial charge in [-0.15, -0.1) is 5.10 Å². The quantitative estimate of drug-likeness (QED) is 0.738. The fourth-order valence-corrected chi connectivity index (χ4v) is 2.48. The third kappa shape index (κ3) is 2.47. The zero-order chi connectivity index (χ0) is 14.8. The lowest BCUT2D eigenvalue weighted by molar-refractivity contribution is 0.417. The number of anilines is 1. The van der Waals surface area contributed by atoms with Gasteiger partial charge in [0.15, 0.2) is 5.82 Å². The number of aromatic nitrogens is 4. The summed E-state index contributed by atoms with van der Waals surface area (Å²) >= 11 is 3.50. The van der Waals surface area contributed by atoms with Gasteiger partial charge in [0.2, 0.25) is 0 Å². The van der Waals surface area contributed by atoms with Gasteiger partial charge in [-0.2, -0.15) is 4.68 Å². The molecule has 1 heterocycles. The van der Waals surface area contributed by atoms with Crippen LogP contribution < -0.4 is 10.5 Å². The number of hydrogen-bond donors (Lipinski definition) is 1. The Hall–Kier alpha value is -2.41. The lowest BCUT2D eigenvalue weighted by atomic mass is 10.1. The summed E-state index contributed by atoms with van der Waals surface area (Å²) in [5.41, 5.74) is 8.15. The maximum atomic E-state index is 5.94. The second kappa shape index (κ2) is 5.53. The third-order valence-corrected chi connectivity index (χ3v) is 3.71. The van der Waals surface area contributed by atoms with Gasteiger partial charge >= 0.3 is 0 Å². The van der Waals surface area contributed by atoms with E-state index < -0.39 is 0 Å². The van der Waals surface area contributed by atoms with E-state index in [2.05, 4.69) is 31.5 Å². The first-order chi connectivity index (χ1) is 10.2. The van der Waals surface area contributed by atoms with Crippen molar-refractivity contribution in [3.05, 3.63) is 46.9 Å². The smallest absolute Gasteiger partial charge is 0.187 e. The molecule has 0 aliphatic carbocycles. The van der Waals surface area contributed by atoms with Crippen molar-refractivity contribution >= 4 is 21.6 Å². The summed E-state index contributed by atoms with van der Waals surface area (Å²) in [6.07, 6.45) is 0. The van der Waals surface area contributed by atoms with E-state index in [1.54, 1.807) is 23.9 Å². The zero-order valence-electron chi connectivity index (χ0n) is 11.2. The Morgan fingerprint density at radius 2 is 2.00 bits per heavy atom. The molecule has 21 heavy (non-hydrogen) atoms. The van der Waals surface area contributed by atoms with Crippen LogP contribution in [0.2, 0.25) is 0 Å². The number of tetrazole rings is 1. The molecule has 2 N–H and O–H groups in total. The second-order valence-corrected chi connectivity index (χ2v) is 5.18. The molecule has 2 aromatic carbocycles. The van der Waals surface area contributed by atoms with Crippen LogP contribution in [-0.4, -0.2) is 27.3 Å². The lowest BCUT2D eigenvalue weighted by Crippen LogP contribution is -2.01. The van der Waals surface area contributed by atoms with Crippen molar-refractivity contribution in [2.24, 2.45) is 0 Å². The number of benzene rings is 2. The predicted molar refractivity (Wildman–Crippen MR) is 83.3 cm³/mol. The first-order valence-electron chi connectivity index (χ1n) is 6.18. The average molecular weight is 346 g/mol. The Morgan fingerprint density at radius 3 is 2.71 bits per heavy atom. The Labute approximate surface area is 129 Å². The van der Waals surface area contributed by atoms with Crippen molar-refractivity contribution in [2.75, 3.05) is 12.8 Å². The largest absolute Gasteiger partial charge is 0.495 e. The fraction of sp³-hybridized carbons (Fsp3) is 0.0714. The number of nitrogens with two attached hydrogens (primary N) is 1. The number of hydrogen-bond acceptors (Lipinski definition) is 5. The highest BCUT2D eigenvalue weighted by atomic mass is 79.9. The highest BCUT2D eigenvalue weighted by Crippen LogP contribution is 2.29. The van der Waals surface area contributed by atoms with Crippen molar-refractivity contribution < 1.29 is 4.74 Å². The molecule has 0 fully saturated rings. The Morgan fingerprint density at radius 1 is 1.19 bits per heavy atom. The molecule has 0 aliphatic rings. The molecule has 0 radical (unpaired) electrons. The van der Waals surface area contributed by atoms with E-state index in [-0.39, 0.29) is 0 Å². The summed E-state index contributed by atoms with van der Waals surface area (Å²) in [5, 5.41) is 11.9. The van der Waals surface area contributed by atoms with Gasteiger partial charge in [-0.1, -0.05) is 12.1 Å². The molecule has 1 aromatic heterocycles. The van der Waals surface area contributed by atoms with Crippen LogP contribution in [0.25, 0.3) is 17.1 Å². The van der Waals surface area contributed by atoms with Crippen molar-refractivity contribution in [2.45, 2.75) is 0 Å². The predicted octanol–water partition coefficient (Wildman–Crippen LogP) is 2.68. The highest BCUT2D eigenvalue weighted by Gasteiger charge is 2.14. The standard InChI is InChI=1S/C14H12BrN5O/c1-21-13-7-6-9(8-11(13)16)14-17-18-19-20(14)12-5-3-2-4-10(12)15/h2-8H,16H2,1H3. The van der Waals surface area contributed by atoms with Gasteiger partial charge in [0.1, 0.15) is 5.75 Å². The van der Waals surface area contributed by atoms with Crippen LogP contribution in [0, 0.1) is 0 Å². The molecule has 0 bridgehead atoms. The van der Waals surface area contributed by atoms with Gasteiger partial charge in [0, 0.05) is 10.0 Å². The third-order valence-electron chi connectivity index (χ3n) is 3.04. The van der Waals surface area contributed by atoms with Crippen LogP contribution in [0.15, 0.2) is 46.9 Å². The normalized spacial score (nSPS) is 10.6. The summed E-state index contributed by atoms with van der Waals surface area (Å²) in [7, 11) is 1.58. The molecule has 6 nitrogen and oxygen atoms in total. The van der Waals surface area contributed by atoms with E-state index in [4.69, 9.17) is 10.5 Å². The number of nitrogen functional groups attached to an aromatic ring is 1. The molecule has 0 saturated heterocycles. The minimum atomic E-state index is 0.539. The molecule has 0 spiro atoms. The fourth-order valence-electron chi connectivity index (χ4n) is 2.03. The summed E-state index contributed by atoms with van der Waals surface area (Å²) in [6, 6.07) is 13.2. The van der Waals surface area contributed by atoms with Gasteiger partial charge in [-0.3, -0.25) is 0 Å². The number of rotatable bonds is 3.